The maximum atomic E-state index is 14.6. The third-order valence-electron chi connectivity index (χ3n) is 5.16. The molecule has 2 aromatic heterocycles. The van der Waals surface area contributed by atoms with Gasteiger partial charge in [0.05, 0.1) is 15.9 Å². The minimum absolute atomic E-state index is 0.110. The summed E-state index contributed by atoms with van der Waals surface area (Å²) in [6, 6.07) is 10.6. The van der Waals surface area contributed by atoms with Gasteiger partial charge in [0.25, 0.3) is 0 Å². The molecule has 1 aliphatic heterocycles. The minimum atomic E-state index is -0.502. The number of halogens is 2. The standard InChI is InChI=1S/C21H16ClFN4OS/c1-10-6-7-15-16(8-10)29-21(24-15)27-20-18(11(2)26-27)12(9-17(28)25-20)19-13(22)4-3-5-14(19)23/h3-8,12H,9H2,1-2H3,(H,25,28)/t12-/m1/s1. The van der Waals surface area contributed by atoms with Gasteiger partial charge in [-0.3, -0.25) is 4.79 Å². The Kier molecular flexibility index (Phi) is 4.18. The molecule has 3 heterocycles. The summed E-state index contributed by atoms with van der Waals surface area (Å²) in [6.07, 6.45) is 0.110. The number of nitrogens with one attached hydrogen (secondary N) is 1. The minimum Gasteiger partial charge on any atom is -0.310 e. The molecule has 1 amide bonds. The zero-order valence-electron chi connectivity index (χ0n) is 15.7. The number of fused-ring (bicyclic) bond motifs is 2. The molecule has 0 aliphatic carbocycles. The van der Waals surface area contributed by atoms with Crippen molar-refractivity contribution in [2.45, 2.75) is 26.2 Å². The van der Waals surface area contributed by atoms with E-state index in [1.807, 2.05) is 26.0 Å². The molecule has 8 heteroatoms. The number of carbonyl (C=O) groups is 1. The molecule has 0 saturated carbocycles. The van der Waals surface area contributed by atoms with Crippen LogP contribution in [0.4, 0.5) is 10.2 Å². The van der Waals surface area contributed by atoms with E-state index in [-0.39, 0.29) is 12.3 Å². The Labute approximate surface area is 175 Å². The second kappa shape index (κ2) is 6.64. The fraction of sp³-hybridized carbons (Fsp3) is 0.190. The summed E-state index contributed by atoms with van der Waals surface area (Å²) in [5, 5.41) is 8.49. The Bertz CT molecular complexity index is 1280. The van der Waals surface area contributed by atoms with E-state index in [0.29, 0.717) is 27.2 Å². The number of aryl methyl sites for hydroxylation is 2. The number of rotatable bonds is 2. The molecule has 1 aliphatic rings. The van der Waals surface area contributed by atoms with Gasteiger partial charge in [-0.05, 0) is 43.7 Å². The summed E-state index contributed by atoms with van der Waals surface area (Å²) in [5.41, 5.74) is 3.82. The van der Waals surface area contributed by atoms with Crippen LogP contribution in [-0.4, -0.2) is 20.7 Å². The molecule has 0 bridgehead atoms. The molecule has 2 aromatic carbocycles. The second-order valence-corrected chi connectivity index (χ2v) is 8.58. The van der Waals surface area contributed by atoms with E-state index in [4.69, 9.17) is 11.6 Å². The van der Waals surface area contributed by atoms with Crippen molar-refractivity contribution in [1.82, 2.24) is 14.8 Å². The lowest BCUT2D eigenvalue weighted by molar-refractivity contribution is -0.116. The van der Waals surface area contributed by atoms with Crippen LogP contribution in [0.5, 0.6) is 0 Å². The smallest absolute Gasteiger partial charge is 0.226 e. The monoisotopic (exact) mass is 426 g/mol. The first kappa shape index (κ1) is 18.3. The maximum absolute atomic E-state index is 14.6. The van der Waals surface area contributed by atoms with Crippen LogP contribution in [0.2, 0.25) is 5.02 Å². The largest absolute Gasteiger partial charge is 0.310 e. The van der Waals surface area contributed by atoms with Gasteiger partial charge in [-0.15, -0.1) is 0 Å². The molecule has 0 unspecified atom stereocenters. The van der Waals surface area contributed by atoms with E-state index >= 15 is 0 Å². The average Bonchev–Trinajstić information content (AvgIpc) is 3.22. The maximum Gasteiger partial charge on any atom is 0.226 e. The number of nitrogens with zero attached hydrogens (tertiary/aromatic N) is 3. The Morgan fingerprint density at radius 3 is 2.86 bits per heavy atom. The van der Waals surface area contributed by atoms with E-state index in [9.17, 15) is 9.18 Å². The fourth-order valence-corrected chi connectivity index (χ4v) is 5.20. The number of hydrogen-bond donors (Lipinski definition) is 1. The van der Waals surface area contributed by atoms with Gasteiger partial charge in [0, 0.05) is 28.5 Å². The molecule has 29 heavy (non-hydrogen) atoms. The Morgan fingerprint density at radius 1 is 1.24 bits per heavy atom. The van der Waals surface area contributed by atoms with Crippen LogP contribution in [0, 0.1) is 19.7 Å². The second-order valence-electron chi connectivity index (χ2n) is 7.17. The van der Waals surface area contributed by atoms with Crippen molar-refractivity contribution in [2.75, 3.05) is 5.32 Å². The first-order valence-electron chi connectivity index (χ1n) is 9.13. The van der Waals surface area contributed by atoms with E-state index < -0.39 is 11.7 Å². The van der Waals surface area contributed by atoms with Gasteiger partial charge in [-0.2, -0.15) is 9.78 Å². The van der Waals surface area contributed by atoms with Crippen LogP contribution in [-0.2, 0) is 4.79 Å². The molecule has 0 spiro atoms. The van der Waals surface area contributed by atoms with Crippen LogP contribution >= 0.6 is 22.9 Å². The fourth-order valence-electron chi connectivity index (χ4n) is 3.89. The molecule has 1 N–H and O–H groups in total. The van der Waals surface area contributed by atoms with Gasteiger partial charge in [0.15, 0.2) is 0 Å². The zero-order valence-corrected chi connectivity index (χ0v) is 17.2. The quantitative estimate of drug-likeness (QED) is 0.469. The van der Waals surface area contributed by atoms with Crippen molar-refractivity contribution >= 4 is 44.9 Å². The first-order chi connectivity index (χ1) is 13.9. The van der Waals surface area contributed by atoms with E-state index in [1.54, 1.807) is 16.8 Å². The molecular weight excluding hydrogens is 411 g/mol. The molecule has 0 radical (unpaired) electrons. The van der Waals surface area contributed by atoms with Crippen molar-refractivity contribution in [3.05, 3.63) is 69.6 Å². The highest BCUT2D eigenvalue weighted by molar-refractivity contribution is 7.20. The predicted molar refractivity (Wildman–Crippen MR) is 113 cm³/mol. The van der Waals surface area contributed by atoms with E-state index in [0.717, 1.165) is 21.3 Å². The predicted octanol–water partition coefficient (Wildman–Crippen LogP) is 5.37. The van der Waals surface area contributed by atoms with E-state index in [2.05, 4.69) is 21.5 Å². The summed E-state index contributed by atoms with van der Waals surface area (Å²) in [4.78, 5) is 17.2. The van der Waals surface area contributed by atoms with Crippen molar-refractivity contribution in [2.24, 2.45) is 0 Å². The molecule has 1 atom stereocenters. The topological polar surface area (TPSA) is 59.8 Å². The summed E-state index contributed by atoms with van der Waals surface area (Å²) in [7, 11) is 0. The number of carbonyl (C=O) groups excluding carboxylic acids is 1. The van der Waals surface area contributed by atoms with Crippen LogP contribution in [0.15, 0.2) is 36.4 Å². The highest BCUT2D eigenvalue weighted by Crippen LogP contribution is 2.43. The van der Waals surface area contributed by atoms with Crippen molar-refractivity contribution in [1.29, 1.82) is 0 Å². The van der Waals surface area contributed by atoms with Crippen LogP contribution in [0.3, 0.4) is 0 Å². The van der Waals surface area contributed by atoms with Crippen molar-refractivity contribution in [3.63, 3.8) is 0 Å². The molecule has 0 saturated heterocycles. The molecular formula is C21H16ClFN4OS. The Balaban J connectivity index is 1.71. The lowest BCUT2D eigenvalue weighted by Gasteiger charge is -2.25. The van der Waals surface area contributed by atoms with Gasteiger partial charge in [0.2, 0.25) is 11.0 Å². The van der Waals surface area contributed by atoms with Gasteiger partial charge < -0.3 is 5.32 Å². The van der Waals surface area contributed by atoms with Crippen LogP contribution < -0.4 is 5.32 Å². The van der Waals surface area contributed by atoms with Crippen molar-refractivity contribution in [3.8, 4) is 5.13 Å². The van der Waals surface area contributed by atoms with Gasteiger partial charge in [-0.25, -0.2) is 9.37 Å². The molecule has 5 nitrogen and oxygen atoms in total. The summed E-state index contributed by atoms with van der Waals surface area (Å²) in [5.74, 6) is -0.609. The molecule has 5 rings (SSSR count). The van der Waals surface area contributed by atoms with Gasteiger partial charge in [-0.1, -0.05) is 35.1 Å². The molecule has 146 valence electrons. The highest BCUT2D eigenvalue weighted by Gasteiger charge is 2.35. The summed E-state index contributed by atoms with van der Waals surface area (Å²) in [6.45, 7) is 3.88. The summed E-state index contributed by atoms with van der Waals surface area (Å²) >= 11 is 7.81. The average molecular weight is 427 g/mol. The van der Waals surface area contributed by atoms with Gasteiger partial charge >= 0.3 is 0 Å². The third kappa shape index (κ3) is 2.92. The summed E-state index contributed by atoms with van der Waals surface area (Å²) < 4.78 is 17.3. The van der Waals surface area contributed by atoms with Crippen LogP contribution in [0.25, 0.3) is 15.3 Å². The molecule has 0 fully saturated rings. The lowest BCUT2D eigenvalue weighted by atomic mass is 9.85. The highest BCUT2D eigenvalue weighted by atomic mass is 35.5. The first-order valence-corrected chi connectivity index (χ1v) is 10.3. The third-order valence-corrected chi connectivity index (χ3v) is 6.49. The Hall–Kier alpha value is -2.77. The Morgan fingerprint density at radius 2 is 2.07 bits per heavy atom. The lowest BCUT2D eigenvalue weighted by Crippen LogP contribution is -2.25. The van der Waals surface area contributed by atoms with E-state index in [1.165, 1.54) is 17.4 Å². The number of hydrogen-bond acceptors (Lipinski definition) is 4. The number of anilines is 1. The normalized spacial score (nSPS) is 16.1. The SMILES string of the molecule is Cc1ccc2nc(-n3nc(C)c4c3NC(=O)C[C@H]4c3c(F)cccc3Cl)sc2c1. The van der Waals surface area contributed by atoms with Gasteiger partial charge in [0.1, 0.15) is 11.6 Å². The number of aromatic nitrogens is 3. The van der Waals surface area contributed by atoms with Crippen molar-refractivity contribution < 1.29 is 9.18 Å². The number of thiazole rings is 1. The number of amides is 1. The number of benzene rings is 2. The zero-order chi connectivity index (χ0) is 20.3. The molecule has 4 aromatic rings. The van der Waals surface area contributed by atoms with Crippen LogP contribution in [0.1, 0.15) is 34.7 Å².